The van der Waals surface area contributed by atoms with Crippen molar-refractivity contribution < 1.29 is 14.1 Å². The second kappa shape index (κ2) is 11.5. The molecule has 1 fully saturated rings. The maximum atomic E-state index is 12.5. The number of carbonyl (C=O) groups is 1. The van der Waals surface area contributed by atoms with Crippen molar-refractivity contribution in [1.29, 1.82) is 0 Å². The van der Waals surface area contributed by atoms with E-state index < -0.39 is 4.92 Å². The smallest absolute Gasteiger partial charge is 0.271 e. The fourth-order valence-electron chi connectivity index (χ4n) is 4.37. The number of hydrogen-bond acceptors (Lipinski definition) is 7. The molecule has 1 aromatic heterocycles. The third-order valence-electron chi connectivity index (χ3n) is 6.46. The summed E-state index contributed by atoms with van der Waals surface area (Å²) >= 11 is 0. The standard InChI is InChI=1S/C29H27N5O4/c35-29(31-30-20-27-14-15-28(38-27)23-10-12-26(13-11-23)34(36)37)24-8-6-22(7-9-24)21-32-16-18-33(19-17-32)25-4-2-1-3-5-25/h1-15,20H,16-19,21H2,(H,31,35)/b30-20-. The quantitative estimate of drug-likeness (QED) is 0.205. The summed E-state index contributed by atoms with van der Waals surface area (Å²) in [5.74, 6) is 0.678. The van der Waals surface area contributed by atoms with E-state index in [-0.39, 0.29) is 11.6 Å². The number of nitrogens with zero attached hydrogens (tertiary/aromatic N) is 4. The van der Waals surface area contributed by atoms with Crippen LogP contribution in [0.15, 0.2) is 101 Å². The number of rotatable bonds is 8. The summed E-state index contributed by atoms with van der Waals surface area (Å²) in [5.41, 5.74) is 6.18. The highest BCUT2D eigenvalue weighted by molar-refractivity contribution is 5.94. The van der Waals surface area contributed by atoms with E-state index in [0.29, 0.717) is 22.6 Å². The minimum absolute atomic E-state index is 0.0134. The Morgan fingerprint density at radius 3 is 2.32 bits per heavy atom. The number of para-hydroxylation sites is 1. The van der Waals surface area contributed by atoms with Gasteiger partial charge >= 0.3 is 0 Å². The van der Waals surface area contributed by atoms with E-state index in [0.717, 1.165) is 38.3 Å². The van der Waals surface area contributed by atoms with Crippen LogP contribution in [0.3, 0.4) is 0 Å². The number of anilines is 1. The van der Waals surface area contributed by atoms with Gasteiger partial charge in [-0.15, -0.1) is 0 Å². The average molecular weight is 510 g/mol. The van der Waals surface area contributed by atoms with Gasteiger partial charge in [0.1, 0.15) is 11.5 Å². The van der Waals surface area contributed by atoms with Crippen LogP contribution < -0.4 is 10.3 Å². The minimum atomic E-state index is -0.450. The molecule has 0 unspecified atom stereocenters. The molecule has 1 N–H and O–H groups in total. The van der Waals surface area contributed by atoms with E-state index in [1.807, 2.05) is 18.2 Å². The molecule has 0 bridgehead atoms. The fourth-order valence-corrected chi connectivity index (χ4v) is 4.37. The van der Waals surface area contributed by atoms with Crippen LogP contribution in [0.2, 0.25) is 0 Å². The van der Waals surface area contributed by atoms with Gasteiger partial charge in [-0.3, -0.25) is 19.8 Å². The molecule has 5 rings (SSSR count). The zero-order valence-corrected chi connectivity index (χ0v) is 20.7. The Balaban J connectivity index is 1.10. The summed E-state index contributed by atoms with van der Waals surface area (Å²) in [6.45, 7) is 4.81. The number of nitrogens with one attached hydrogen (secondary N) is 1. The van der Waals surface area contributed by atoms with Gasteiger partial charge in [0.05, 0.1) is 11.1 Å². The Morgan fingerprint density at radius 1 is 0.921 bits per heavy atom. The van der Waals surface area contributed by atoms with Crippen LogP contribution >= 0.6 is 0 Å². The third-order valence-corrected chi connectivity index (χ3v) is 6.46. The van der Waals surface area contributed by atoms with Crippen molar-refractivity contribution >= 4 is 23.5 Å². The molecule has 1 aliphatic rings. The molecule has 9 nitrogen and oxygen atoms in total. The van der Waals surface area contributed by atoms with Gasteiger partial charge in [-0.25, -0.2) is 5.43 Å². The first-order chi connectivity index (χ1) is 18.5. The topological polar surface area (TPSA) is 104 Å². The van der Waals surface area contributed by atoms with Gasteiger partial charge in [0.2, 0.25) is 0 Å². The van der Waals surface area contributed by atoms with E-state index >= 15 is 0 Å². The lowest BCUT2D eigenvalue weighted by atomic mass is 10.1. The number of hydrazone groups is 1. The zero-order chi connectivity index (χ0) is 26.3. The predicted molar refractivity (Wildman–Crippen MR) is 146 cm³/mol. The Morgan fingerprint density at radius 2 is 1.63 bits per heavy atom. The van der Waals surface area contributed by atoms with Crippen LogP contribution in [-0.2, 0) is 6.54 Å². The van der Waals surface area contributed by atoms with Crippen molar-refractivity contribution in [3.05, 3.63) is 118 Å². The van der Waals surface area contributed by atoms with E-state index in [9.17, 15) is 14.9 Å². The Bertz CT molecular complexity index is 1410. The molecule has 2 heterocycles. The van der Waals surface area contributed by atoms with Gasteiger partial charge in [-0.2, -0.15) is 5.10 Å². The number of furan rings is 1. The van der Waals surface area contributed by atoms with Crippen molar-refractivity contribution in [3.63, 3.8) is 0 Å². The van der Waals surface area contributed by atoms with Gasteiger partial charge in [0, 0.05) is 61.7 Å². The summed E-state index contributed by atoms with van der Waals surface area (Å²) < 4.78 is 5.70. The molecular formula is C29H27N5O4. The van der Waals surface area contributed by atoms with Crippen molar-refractivity contribution in [1.82, 2.24) is 10.3 Å². The second-order valence-electron chi connectivity index (χ2n) is 9.00. The maximum absolute atomic E-state index is 12.5. The van der Waals surface area contributed by atoms with Crippen molar-refractivity contribution in [2.24, 2.45) is 5.10 Å². The van der Waals surface area contributed by atoms with E-state index in [4.69, 9.17) is 4.42 Å². The second-order valence-corrected chi connectivity index (χ2v) is 9.00. The number of carbonyl (C=O) groups excluding carboxylic acids is 1. The van der Waals surface area contributed by atoms with E-state index in [1.54, 1.807) is 36.4 Å². The molecule has 1 amide bonds. The lowest BCUT2D eigenvalue weighted by Gasteiger charge is -2.36. The molecule has 4 aromatic rings. The summed E-state index contributed by atoms with van der Waals surface area (Å²) in [5, 5.41) is 14.8. The zero-order valence-electron chi connectivity index (χ0n) is 20.7. The van der Waals surface area contributed by atoms with E-state index in [1.165, 1.54) is 24.0 Å². The summed E-state index contributed by atoms with van der Waals surface area (Å²) in [6.07, 6.45) is 1.41. The third kappa shape index (κ3) is 6.13. The van der Waals surface area contributed by atoms with Gasteiger partial charge in [-0.1, -0.05) is 30.3 Å². The highest BCUT2D eigenvalue weighted by Crippen LogP contribution is 2.24. The number of nitro groups is 1. The van der Waals surface area contributed by atoms with Gasteiger partial charge < -0.3 is 9.32 Å². The highest BCUT2D eigenvalue weighted by atomic mass is 16.6. The van der Waals surface area contributed by atoms with Gasteiger partial charge in [0.25, 0.3) is 11.6 Å². The largest absolute Gasteiger partial charge is 0.455 e. The monoisotopic (exact) mass is 509 g/mol. The molecule has 0 spiro atoms. The molecule has 3 aromatic carbocycles. The molecule has 9 heteroatoms. The lowest BCUT2D eigenvalue weighted by molar-refractivity contribution is -0.384. The first kappa shape index (κ1) is 24.9. The highest BCUT2D eigenvalue weighted by Gasteiger charge is 2.17. The van der Waals surface area contributed by atoms with Gasteiger partial charge in [0.15, 0.2) is 0 Å². The number of amides is 1. The lowest BCUT2D eigenvalue weighted by Crippen LogP contribution is -2.45. The normalized spacial score (nSPS) is 14.1. The molecule has 0 radical (unpaired) electrons. The van der Waals surface area contributed by atoms with Crippen molar-refractivity contribution in [2.75, 3.05) is 31.1 Å². The summed E-state index contributed by atoms with van der Waals surface area (Å²) in [7, 11) is 0. The molecule has 192 valence electrons. The Kier molecular flexibility index (Phi) is 7.56. The average Bonchev–Trinajstić information content (AvgIpc) is 3.43. The molecular weight excluding hydrogens is 482 g/mol. The van der Waals surface area contributed by atoms with Crippen LogP contribution in [-0.4, -0.2) is 48.1 Å². The molecule has 1 aliphatic heterocycles. The molecule has 0 aliphatic carbocycles. The SMILES string of the molecule is O=C(N/N=C\c1ccc(-c2ccc([N+](=O)[O-])cc2)o1)c1ccc(CN2CCN(c3ccccc3)CC2)cc1. The first-order valence-corrected chi connectivity index (χ1v) is 12.3. The Hall–Kier alpha value is -4.76. The van der Waals surface area contributed by atoms with Gasteiger partial charge in [-0.05, 0) is 54.1 Å². The minimum Gasteiger partial charge on any atom is -0.455 e. The fraction of sp³-hybridized carbons (Fsp3) is 0.172. The predicted octanol–water partition coefficient (Wildman–Crippen LogP) is 4.94. The molecule has 0 atom stereocenters. The van der Waals surface area contributed by atoms with Crippen LogP contribution in [0.25, 0.3) is 11.3 Å². The first-order valence-electron chi connectivity index (χ1n) is 12.3. The maximum Gasteiger partial charge on any atom is 0.271 e. The molecule has 1 saturated heterocycles. The van der Waals surface area contributed by atoms with Crippen molar-refractivity contribution in [3.8, 4) is 11.3 Å². The van der Waals surface area contributed by atoms with Crippen LogP contribution in [0, 0.1) is 10.1 Å². The van der Waals surface area contributed by atoms with Crippen molar-refractivity contribution in [2.45, 2.75) is 6.54 Å². The number of piperazine rings is 1. The van der Waals surface area contributed by atoms with E-state index in [2.05, 4.69) is 44.6 Å². The Labute approximate surface area is 220 Å². The summed E-state index contributed by atoms with van der Waals surface area (Å²) in [6, 6.07) is 27.6. The number of hydrogen-bond donors (Lipinski definition) is 1. The number of benzene rings is 3. The molecule has 38 heavy (non-hydrogen) atoms. The molecule has 0 saturated carbocycles. The summed E-state index contributed by atoms with van der Waals surface area (Å²) in [4.78, 5) is 27.7. The number of non-ortho nitro benzene ring substituents is 1. The number of nitro benzene ring substituents is 1. The van der Waals surface area contributed by atoms with Crippen LogP contribution in [0.4, 0.5) is 11.4 Å². The van der Waals surface area contributed by atoms with Crippen LogP contribution in [0.5, 0.6) is 0 Å². The van der Waals surface area contributed by atoms with Crippen LogP contribution in [0.1, 0.15) is 21.7 Å².